The predicted molar refractivity (Wildman–Crippen MR) is 91.5 cm³/mol. The molecule has 24 heavy (non-hydrogen) atoms. The molecule has 128 valence electrons. The van der Waals surface area contributed by atoms with Crippen LogP contribution in [0.15, 0.2) is 28.8 Å². The smallest absolute Gasteiger partial charge is 0.243 e. The molecule has 6 nitrogen and oxygen atoms in total. The normalized spacial score (nSPS) is 23.8. The minimum absolute atomic E-state index is 0.140. The molecule has 1 aromatic carbocycles. The summed E-state index contributed by atoms with van der Waals surface area (Å²) >= 11 is 0. The van der Waals surface area contributed by atoms with Crippen molar-refractivity contribution in [3.05, 3.63) is 47.1 Å². The lowest BCUT2D eigenvalue weighted by molar-refractivity contribution is 0.157. The third kappa shape index (κ3) is 2.97. The molecule has 0 saturated carbocycles. The lowest BCUT2D eigenvalue weighted by Gasteiger charge is -2.32. The van der Waals surface area contributed by atoms with E-state index in [-0.39, 0.29) is 12.1 Å². The summed E-state index contributed by atoms with van der Waals surface area (Å²) < 4.78 is 5.61. The Bertz CT molecular complexity index is 700. The molecule has 0 radical (unpaired) electrons. The van der Waals surface area contributed by atoms with Crippen molar-refractivity contribution in [3.8, 4) is 0 Å². The van der Waals surface area contributed by atoms with Crippen LogP contribution < -0.4 is 5.32 Å². The molecule has 0 amide bonds. The van der Waals surface area contributed by atoms with Gasteiger partial charge < -0.3 is 9.84 Å². The van der Waals surface area contributed by atoms with Crippen LogP contribution >= 0.6 is 0 Å². The zero-order chi connectivity index (χ0) is 16.5. The van der Waals surface area contributed by atoms with E-state index in [0.717, 1.165) is 50.9 Å². The minimum atomic E-state index is 0.140. The van der Waals surface area contributed by atoms with Gasteiger partial charge in [0.15, 0.2) is 5.82 Å². The van der Waals surface area contributed by atoms with Crippen molar-refractivity contribution in [2.75, 3.05) is 33.2 Å². The number of nitrogens with zero attached hydrogens (tertiary/aromatic N) is 4. The van der Waals surface area contributed by atoms with Crippen LogP contribution in [0, 0.1) is 0 Å². The fourth-order valence-corrected chi connectivity index (χ4v) is 3.65. The predicted octanol–water partition coefficient (Wildman–Crippen LogP) is 1.76. The van der Waals surface area contributed by atoms with Gasteiger partial charge >= 0.3 is 0 Å². The summed E-state index contributed by atoms with van der Waals surface area (Å²) in [5.41, 5.74) is 2.87. The van der Waals surface area contributed by atoms with Crippen LogP contribution in [0.3, 0.4) is 0 Å². The Labute approximate surface area is 142 Å². The van der Waals surface area contributed by atoms with Gasteiger partial charge in [0.25, 0.3) is 0 Å². The van der Waals surface area contributed by atoms with Gasteiger partial charge in [-0.05, 0) is 31.5 Å². The minimum Gasteiger partial charge on any atom is -0.338 e. The zero-order valence-electron chi connectivity index (χ0n) is 14.4. The molecule has 0 aliphatic carbocycles. The standard InChI is InChI=1S/C18H25N5O/c1-13(23-9-7-14-5-3-4-6-15(14)12-23)18-20-17(21-24-18)16-11-19-8-10-22(16)2/h3-6,13,16,19H,7-12H2,1-2H3. The number of nitrogens with one attached hydrogen (secondary N) is 1. The lowest BCUT2D eigenvalue weighted by Crippen LogP contribution is -2.44. The summed E-state index contributed by atoms with van der Waals surface area (Å²) in [4.78, 5) is 9.42. The summed E-state index contributed by atoms with van der Waals surface area (Å²) in [6.45, 7) is 7.03. The van der Waals surface area contributed by atoms with Gasteiger partial charge in [-0.25, -0.2) is 0 Å². The van der Waals surface area contributed by atoms with E-state index in [4.69, 9.17) is 9.51 Å². The van der Waals surface area contributed by atoms with E-state index in [1.54, 1.807) is 0 Å². The number of fused-ring (bicyclic) bond motifs is 1. The van der Waals surface area contributed by atoms with Crippen molar-refractivity contribution in [1.82, 2.24) is 25.3 Å². The summed E-state index contributed by atoms with van der Waals surface area (Å²) in [6, 6.07) is 9.03. The molecule has 3 heterocycles. The van der Waals surface area contributed by atoms with Crippen LogP contribution in [-0.4, -0.2) is 53.2 Å². The maximum Gasteiger partial charge on any atom is 0.243 e. The second-order valence-electron chi connectivity index (χ2n) is 6.86. The van der Waals surface area contributed by atoms with Crippen LogP contribution in [0.1, 0.15) is 41.8 Å². The highest BCUT2D eigenvalue weighted by atomic mass is 16.5. The van der Waals surface area contributed by atoms with Crippen LogP contribution in [0.5, 0.6) is 0 Å². The van der Waals surface area contributed by atoms with Gasteiger partial charge in [0.05, 0.1) is 12.1 Å². The summed E-state index contributed by atoms with van der Waals surface area (Å²) in [6.07, 6.45) is 1.08. The van der Waals surface area contributed by atoms with Crippen LogP contribution in [0.4, 0.5) is 0 Å². The average Bonchev–Trinajstić information content (AvgIpc) is 3.11. The molecular formula is C18H25N5O. The Kier molecular flexibility index (Phi) is 4.35. The van der Waals surface area contributed by atoms with Crippen molar-refractivity contribution in [2.45, 2.75) is 32.0 Å². The molecule has 2 atom stereocenters. The van der Waals surface area contributed by atoms with Crippen molar-refractivity contribution in [3.63, 3.8) is 0 Å². The largest absolute Gasteiger partial charge is 0.338 e. The van der Waals surface area contributed by atoms with E-state index in [1.165, 1.54) is 11.1 Å². The van der Waals surface area contributed by atoms with Crippen molar-refractivity contribution < 1.29 is 4.52 Å². The molecule has 2 aliphatic heterocycles. The molecule has 4 rings (SSSR count). The SMILES string of the molecule is CC(c1nc(C2CNCCN2C)no1)N1CCc2ccccc2C1. The number of hydrogen-bond acceptors (Lipinski definition) is 6. The number of rotatable bonds is 3. The van der Waals surface area contributed by atoms with Gasteiger partial charge in [-0.3, -0.25) is 9.80 Å². The lowest BCUT2D eigenvalue weighted by atomic mass is 9.99. The van der Waals surface area contributed by atoms with E-state index in [2.05, 4.69) is 58.5 Å². The molecular weight excluding hydrogens is 302 g/mol. The monoisotopic (exact) mass is 327 g/mol. The fourth-order valence-electron chi connectivity index (χ4n) is 3.65. The molecule has 2 aliphatic rings. The summed E-state index contributed by atoms with van der Waals surface area (Å²) in [5, 5.41) is 7.66. The first-order chi connectivity index (χ1) is 11.7. The Hall–Kier alpha value is -1.76. The van der Waals surface area contributed by atoms with Crippen LogP contribution in [-0.2, 0) is 13.0 Å². The molecule has 6 heteroatoms. The van der Waals surface area contributed by atoms with Gasteiger partial charge in [-0.1, -0.05) is 29.4 Å². The van der Waals surface area contributed by atoms with E-state index in [1.807, 2.05) is 0 Å². The number of hydrogen-bond donors (Lipinski definition) is 1. The van der Waals surface area contributed by atoms with E-state index >= 15 is 0 Å². The molecule has 1 N–H and O–H groups in total. The Morgan fingerprint density at radius 1 is 1.25 bits per heavy atom. The molecule has 2 aromatic rings. The van der Waals surface area contributed by atoms with Gasteiger partial charge in [0.2, 0.25) is 5.89 Å². The molecule has 1 fully saturated rings. The summed E-state index contributed by atoms with van der Waals surface area (Å²) in [7, 11) is 2.12. The molecule has 0 bridgehead atoms. The molecule has 1 saturated heterocycles. The Morgan fingerprint density at radius 2 is 2.08 bits per heavy atom. The van der Waals surface area contributed by atoms with E-state index in [0.29, 0.717) is 0 Å². The van der Waals surface area contributed by atoms with Crippen LogP contribution in [0.2, 0.25) is 0 Å². The van der Waals surface area contributed by atoms with Gasteiger partial charge in [-0.15, -0.1) is 0 Å². The molecule has 0 spiro atoms. The third-order valence-corrected chi connectivity index (χ3v) is 5.33. The van der Waals surface area contributed by atoms with E-state index < -0.39 is 0 Å². The van der Waals surface area contributed by atoms with Gasteiger partial charge in [0, 0.05) is 32.7 Å². The zero-order valence-corrected chi connectivity index (χ0v) is 14.4. The number of aromatic nitrogens is 2. The maximum atomic E-state index is 5.61. The third-order valence-electron chi connectivity index (χ3n) is 5.33. The molecule has 1 aromatic heterocycles. The second kappa shape index (κ2) is 6.63. The van der Waals surface area contributed by atoms with Crippen molar-refractivity contribution in [1.29, 1.82) is 0 Å². The quantitative estimate of drug-likeness (QED) is 0.927. The van der Waals surface area contributed by atoms with Crippen molar-refractivity contribution >= 4 is 0 Å². The summed E-state index contributed by atoms with van der Waals surface area (Å²) in [5.74, 6) is 1.52. The number of benzene rings is 1. The first kappa shape index (κ1) is 15.7. The van der Waals surface area contributed by atoms with E-state index in [9.17, 15) is 0 Å². The number of piperazine rings is 1. The highest BCUT2D eigenvalue weighted by Gasteiger charge is 2.29. The second-order valence-corrected chi connectivity index (χ2v) is 6.86. The fraction of sp³-hybridized carbons (Fsp3) is 0.556. The highest BCUT2D eigenvalue weighted by molar-refractivity contribution is 5.29. The average molecular weight is 327 g/mol. The topological polar surface area (TPSA) is 57.4 Å². The maximum absolute atomic E-state index is 5.61. The number of likely N-dealkylation sites (N-methyl/N-ethyl adjacent to an activating group) is 1. The Balaban J connectivity index is 1.48. The van der Waals surface area contributed by atoms with Crippen molar-refractivity contribution in [2.24, 2.45) is 0 Å². The van der Waals surface area contributed by atoms with Gasteiger partial charge in [0.1, 0.15) is 0 Å². The first-order valence-corrected chi connectivity index (χ1v) is 8.77. The first-order valence-electron chi connectivity index (χ1n) is 8.77. The van der Waals surface area contributed by atoms with Crippen LogP contribution in [0.25, 0.3) is 0 Å². The van der Waals surface area contributed by atoms with Gasteiger partial charge in [-0.2, -0.15) is 4.98 Å². The highest BCUT2D eigenvalue weighted by Crippen LogP contribution is 2.28. The molecule has 2 unspecified atom stereocenters. The Morgan fingerprint density at radius 3 is 2.92 bits per heavy atom.